The number of anilines is 2. The average molecular weight is 395 g/mol. The van der Waals surface area contributed by atoms with Gasteiger partial charge in [-0.25, -0.2) is 0 Å². The maximum Gasteiger partial charge on any atom is 0.265 e. The van der Waals surface area contributed by atoms with Gasteiger partial charge in [-0.3, -0.25) is 4.79 Å². The van der Waals surface area contributed by atoms with E-state index in [1.165, 1.54) is 0 Å². The van der Waals surface area contributed by atoms with Crippen molar-refractivity contribution in [3.63, 3.8) is 0 Å². The van der Waals surface area contributed by atoms with Gasteiger partial charge in [0.25, 0.3) is 5.91 Å². The molecule has 7 heteroatoms. The van der Waals surface area contributed by atoms with Crippen molar-refractivity contribution < 1.29 is 14.3 Å². The van der Waals surface area contributed by atoms with Gasteiger partial charge >= 0.3 is 0 Å². The molecule has 2 aromatic carbocycles. The molecule has 138 valence electrons. The van der Waals surface area contributed by atoms with Crippen LogP contribution in [0.5, 0.6) is 5.75 Å². The fraction of sp³-hybridized carbons (Fsp3) is 0.316. The van der Waals surface area contributed by atoms with Crippen molar-refractivity contribution >= 4 is 40.5 Å². The molecular weight excluding hydrogens is 375 g/mol. The summed E-state index contributed by atoms with van der Waals surface area (Å²) < 4.78 is 11.1. The van der Waals surface area contributed by atoms with Crippen LogP contribution in [-0.4, -0.2) is 38.3 Å². The van der Waals surface area contributed by atoms with Crippen LogP contribution in [0.3, 0.4) is 0 Å². The van der Waals surface area contributed by atoms with E-state index in [1.807, 2.05) is 24.3 Å². The van der Waals surface area contributed by atoms with E-state index in [0.29, 0.717) is 29.0 Å². The van der Waals surface area contributed by atoms with Crippen molar-refractivity contribution in [1.29, 1.82) is 0 Å². The lowest BCUT2D eigenvalue weighted by Crippen LogP contribution is -2.37. The molecule has 1 amide bonds. The number of hydrogen-bond donors (Lipinski definition) is 1. The molecule has 1 heterocycles. The van der Waals surface area contributed by atoms with Crippen LogP contribution in [0.15, 0.2) is 42.5 Å². The van der Waals surface area contributed by atoms with Crippen LogP contribution < -0.4 is 15.0 Å². The van der Waals surface area contributed by atoms with Crippen LogP contribution in [0, 0.1) is 0 Å². The Morgan fingerprint density at radius 3 is 2.65 bits per heavy atom. The van der Waals surface area contributed by atoms with Crippen LogP contribution in [0.25, 0.3) is 0 Å². The molecule has 1 aliphatic heterocycles. The van der Waals surface area contributed by atoms with Crippen LogP contribution >= 0.6 is 23.2 Å². The predicted octanol–water partition coefficient (Wildman–Crippen LogP) is 4.24. The fourth-order valence-corrected chi connectivity index (χ4v) is 3.16. The van der Waals surface area contributed by atoms with Gasteiger partial charge in [0.15, 0.2) is 6.10 Å². The number of nitrogens with zero attached hydrogens (tertiary/aromatic N) is 1. The van der Waals surface area contributed by atoms with Gasteiger partial charge in [-0.15, -0.1) is 0 Å². The van der Waals surface area contributed by atoms with Crippen molar-refractivity contribution in [2.24, 2.45) is 0 Å². The molecule has 3 rings (SSSR count). The van der Waals surface area contributed by atoms with Gasteiger partial charge in [-0.1, -0.05) is 35.3 Å². The second kappa shape index (κ2) is 8.62. The maximum atomic E-state index is 12.6. The lowest BCUT2D eigenvalue weighted by Gasteiger charge is -2.30. The third-order valence-corrected chi connectivity index (χ3v) is 4.61. The minimum absolute atomic E-state index is 0.253. The monoisotopic (exact) mass is 394 g/mol. The van der Waals surface area contributed by atoms with Crippen LogP contribution in [-0.2, 0) is 9.53 Å². The summed E-state index contributed by atoms with van der Waals surface area (Å²) in [4.78, 5) is 14.8. The maximum absolute atomic E-state index is 12.6. The van der Waals surface area contributed by atoms with E-state index in [0.717, 1.165) is 24.5 Å². The molecule has 0 saturated carbocycles. The molecule has 1 N–H and O–H groups in total. The van der Waals surface area contributed by atoms with E-state index in [9.17, 15) is 4.79 Å². The molecule has 1 saturated heterocycles. The number of amides is 1. The zero-order chi connectivity index (χ0) is 18.5. The number of rotatable bonds is 5. The summed E-state index contributed by atoms with van der Waals surface area (Å²) in [6.45, 7) is 4.62. The van der Waals surface area contributed by atoms with Gasteiger partial charge in [-0.05, 0) is 37.3 Å². The molecule has 26 heavy (non-hydrogen) atoms. The topological polar surface area (TPSA) is 50.8 Å². The molecular formula is C19H20Cl2N2O3. The smallest absolute Gasteiger partial charge is 0.265 e. The number of benzene rings is 2. The first-order chi connectivity index (χ1) is 12.5. The SMILES string of the molecule is C[C@H](Oc1ccc(Cl)cc1Cl)C(=O)Nc1ccccc1N1CCOCC1. The van der Waals surface area contributed by atoms with E-state index in [4.69, 9.17) is 32.7 Å². The average Bonchev–Trinajstić information content (AvgIpc) is 2.65. The van der Waals surface area contributed by atoms with Gasteiger partial charge in [0, 0.05) is 18.1 Å². The van der Waals surface area contributed by atoms with E-state index in [1.54, 1.807) is 25.1 Å². The zero-order valence-corrected chi connectivity index (χ0v) is 15.9. The summed E-state index contributed by atoms with van der Waals surface area (Å²) >= 11 is 12.0. The highest BCUT2D eigenvalue weighted by molar-refractivity contribution is 6.35. The zero-order valence-electron chi connectivity index (χ0n) is 14.4. The van der Waals surface area contributed by atoms with Crippen molar-refractivity contribution in [1.82, 2.24) is 0 Å². The number of para-hydroxylation sites is 2. The minimum atomic E-state index is -0.716. The lowest BCUT2D eigenvalue weighted by molar-refractivity contribution is -0.122. The molecule has 0 radical (unpaired) electrons. The largest absolute Gasteiger partial charge is 0.479 e. The summed E-state index contributed by atoms with van der Waals surface area (Å²) in [6.07, 6.45) is -0.716. The van der Waals surface area contributed by atoms with Gasteiger partial charge < -0.3 is 19.7 Å². The minimum Gasteiger partial charge on any atom is -0.479 e. The number of morpholine rings is 1. The standard InChI is InChI=1S/C19H20Cl2N2O3/c1-13(26-18-7-6-14(20)12-15(18)21)19(24)22-16-4-2-3-5-17(16)23-8-10-25-11-9-23/h2-7,12-13H,8-11H2,1H3,(H,22,24)/t13-/m0/s1. The first-order valence-corrected chi connectivity index (χ1v) is 9.14. The highest BCUT2D eigenvalue weighted by atomic mass is 35.5. The molecule has 0 unspecified atom stereocenters. The summed E-state index contributed by atoms with van der Waals surface area (Å²) in [5, 5.41) is 3.82. The second-order valence-electron chi connectivity index (χ2n) is 5.94. The number of carbonyl (C=O) groups excluding carboxylic acids is 1. The lowest BCUT2D eigenvalue weighted by atomic mass is 10.2. The Bertz CT molecular complexity index is 779. The van der Waals surface area contributed by atoms with E-state index in [-0.39, 0.29) is 5.91 Å². The molecule has 5 nitrogen and oxygen atoms in total. The number of carbonyl (C=O) groups is 1. The molecule has 1 aliphatic rings. The molecule has 0 bridgehead atoms. The fourth-order valence-electron chi connectivity index (χ4n) is 2.71. The van der Waals surface area contributed by atoms with Crippen LogP contribution in [0.4, 0.5) is 11.4 Å². The summed E-state index contributed by atoms with van der Waals surface area (Å²) in [5.41, 5.74) is 1.72. The van der Waals surface area contributed by atoms with Crippen molar-refractivity contribution in [3.05, 3.63) is 52.5 Å². The summed E-state index contributed by atoms with van der Waals surface area (Å²) in [5.74, 6) is 0.164. The Labute approximate surface area is 162 Å². The number of ether oxygens (including phenoxy) is 2. The van der Waals surface area contributed by atoms with Crippen molar-refractivity contribution in [2.75, 3.05) is 36.5 Å². The van der Waals surface area contributed by atoms with Crippen LogP contribution in [0.1, 0.15) is 6.92 Å². The van der Waals surface area contributed by atoms with E-state index >= 15 is 0 Å². The Morgan fingerprint density at radius 2 is 1.92 bits per heavy atom. The molecule has 0 aromatic heterocycles. The highest BCUT2D eigenvalue weighted by Gasteiger charge is 2.20. The molecule has 1 atom stereocenters. The molecule has 0 aliphatic carbocycles. The summed E-state index contributed by atoms with van der Waals surface area (Å²) in [7, 11) is 0. The van der Waals surface area contributed by atoms with Gasteiger partial charge in [0.1, 0.15) is 5.75 Å². The quantitative estimate of drug-likeness (QED) is 0.823. The van der Waals surface area contributed by atoms with E-state index < -0.39 is 6.10 Å². The number of hydrogen-bond acceptors (Lipinski definition) is 4. The van der Waals surface area contributed by atoms with Gasteiger partial charge in [-0.2, -0.15) is 0 Å². The van der Waals surface area contributed by atoms with E-state index in [2.05, 4.69) is 10.2 Å². The Hall–Kier alpha value is -1.95. The Kier molecular flexibility index (Phi) is 6.25. The molecule has 0 spiro atoms. The number of halogens is 2. The van der Waals surface area contributed by atoms with Gasteiger partial charge in [0.05, 0.1) is 29.6 Å². The first-order valence-electron chi connectivity index (χ1n) is 8.39. The Balaban J connectivity index is 1.69. The third-order valence-electron chi connectivity index (χ3n) is 4.08. The number of nitrogens with one attached hydrogen (secondary N) is 1. The van der Waals surface area contributed by atoms with Crippen molar-refractivity contribution in [3.8, 4) is 5.75 Å². The highest BCUT2D eigenvalue weighted by Crippen LogP contribution is 2.29. The molecule has 2 aromatic rings. The summed E-state index contributed by atoms with van der Waals surface area (Å²) in [6, 6.07) is 12.6. The van der Waals surface area contributed by atoms with Gasteiger partial charge in [0.2, 0.25) is 0 Å². The Morgan fingerprint density at radius 1 is 1.19 bits per heavy atom. The molecule has 1 fully saturated rings. The van der Waals surface area contributed by atoms with Crippen molar-refractivity contribution in [2.45, 2.75) is 13.0 Å². The second-order valence-corrected chi connectivity index (χ2v) is 6.78. The normalized spacial score (nSPS) is 15.4. The first kappa shape index (κ1) is 18.8. The third kappa shape index (κ3) is 4.61. The predicted molar refractivity (Wildman–Crippen MR) is 105 cm³/mol. The van der Waals surface area contributed by atoms with Crippen LogP contribution in [0.2, 0.25) is 10.0 Å².